The lowest BCUT2D eigenvalue weighted by molar-refractivity contribution is -0.138. The maximum atomic E-state index is 13.4. The van der Waals surface area contributed by atoms with Crippen LogP contribution in [0, 0.1) is 6.92 Å². The number of ether oxygens (including phenoxy) is 1. The molecule has 1 aromatic carbocycles. The monoisotopic (exact) mass is 454 g/mol. The third-order valence-electron chi connectivity index (χ3n) is 4.79. The van der Waals surface area contributed by atoms with E-state index in [1.807, 2.05) is 13.0 Å². The number of fused-ring (bicyclic) bond motifs is 1. The first kappa shape index (κ1) is 21.1. The van der Waals surface area contributed by atoms with Gasteiger partial charge in [-0.15, -0.1) is 0 Å². The molecule has 3 heterocycles. The van der Waals surface area contributed by atoms with Gasteiger partial charge in [0.15, 0.2) is 4.80 Å². The number of carbonyl (C=O) groups is 1. The van der Waals surface area contributed by atoms with Crippen molar-refractivity contribution in [3.05, 3.63) is 102 Å². The van der Waals surface area contributed by atoms with Gasteiger partial charge >= 0.3 is 5.97 Å². The second-order valence-electron chi connectivity index (χ2n) is 6.97. The van der Waals surface area contributed by atoms with E-state index in [2.05, 4.69) is 11.6 Å². The first-order chi connectivity index (χ1) is 14.9. The Morgan fingerprint density at radius 1 is 1.29 bits per heavy atom. The molecular formula is C23H19ClN2O4S. The number of hydrogen-bond donors (Lipinski definition) is 0. The molecule has 0 saturated carbocycles. The number of aromatic nitrogens is 1. The Hall–Kier alpha value is -3.16. The van der Waals surface area contributed by atoms with Crippen molar-refractivity contribution in [2.45, 2.75) is 19.9 Å². The van der Waals surface area contributed by atoms with Crippen LogP contribution in [0.4, 0.5) is 0 Å². The van der Waals surface area contributed by atoms with Gasteiger partial charge in [0.2, 0.25) is 0 Å². The van der Waals surface area contributed by atoms with Gasteiger partial charge in [-0.2, -0.15) is 0 Å². The van der Waals surface area contributed by atoms with Crippen LogP contribution in [-0.4, -0.2) is 17.1 Å². The fourth-order valence-corrected chi connectivity index (χ4v) is 4.57. The molecule has 4 rings (SSSR count). The van der Waals surface area contributed by atoms with Gasteiger partial charge in [-0.25, -0.2) is 9.79 Å². The molecule has 0 saturated heterocycles. The predicted octanol–water partition coefficient (Wildman–Crippen LogP) is 3.52. The van der Waals surface area contributed by atoms with Crippen molar-refractivity contribution in [2.24, 2.45) is 4.99 Å². The van der Waals surface area contributed by atoms with Gasteiger partial charge in [-0.05, 0) is 43.7 Å². The number of hydrogen-bond acceptors (Lipinski definition) is 6. The fourth-order valence-electron chi connectivity index (χ4n) is 3.42. The summed E-state index contributed by atoms with van der Waals surface area (Å²) < 4.78 is 12.9. The van der Waals surface area contributed by atoms with Gasteiger partial charge in [-0.3, -0.25) is 9.36 Å². The number of halogens is 1. The largest absolute Gasteiger partial charge is 0.462 e. The minimum absolute atomic E-state index is 0.0607. The summed E-state index contributed by atoms with van der Waals surface area (Å²) in [4.78, 5) is 31.3. The number of esters is 1. The quantitative estimate of drug-likeness (QED) is 0.436. The smallest absolute Gasteiger partial charge is 0.338 e. The Morgan fingerprint density at radius 2 is 2.03 bits per heavy atom. The average molecular weight is 455 g/mol. The molecule has 158 valence electrons. The molecule has 2 aromatic heterocycles. The first-order valence-corrected chi connectivity index (χ1v) is 10.7. The minimum Gasteiger partial charge on any atom is -0.462 e. The zero-order valence-electron chi connectivity index (χ0n) is 16.9. The molecule has 0 N–H and O–H groups in total. The number of carbonyl (C=O) groups excluding carboxylic acids is 1. The number of benzene rings is 1. The fraction of sp³-hybridized carbons (Fsp3) is 0.174. The van der Waals surface area contributed by atoms with Crippen molar-refractivity contribution >= 4 is 35.0 Å². The van der Waals surface area contributed by atoms with Crippen molar-refractivity contribution in [3.63, 3.8) is 0 Å². The highest BCUT2D eigenvalue weighted by molar-refractivity contribution is 7.07. The first-order valence-electron chi connectivity index (χ1n) is 9.51. The van der Waals surface area contributed by atoms with Gasteiger partial charge in [0, 0.05) is 11.1 Å². The van der Waals surface area contributed by atoms with Crippen molar-refractivity contribution in [3.8, 4) is 0 Å². The summed E-state index contributed by atoms with van der Waals surface area (Å²) in [6.07, 6.45) is 3.18. The van der Waals surface area contributed by atoms with Crippen molar-refractivity contribution in [1.82, 2.24) is 4.57 Å². The van der Waals surface area contributed by atoms with Crippen LogP contribution in [0.2, 0.25) is 5.02 Å². The number of aryl methyl sites for hydroxylation is 1. The molecule has 0 aliphatic carbocycles. The van der Waals surface area contributed by atoms with Gasteiger partial charge in [0.05, 0.1) is 21.8 Å². The van der Waals surface area contributed by atoms with Crippen molar-refractivity contribution < 1.29 is 13.9 Å². The van der Waals surface area contributed by atoms with E-state index in [4.69, 9.17) is 20.8 Å². The Morgan fingerprint density at radius 3 is 2.68 bits per heavy atom. The summed E-state index contributed by atoms with van der Waals surface area (Å²) in [5.74, 6) is 0.783. The summed E-state index contributed by atoms with van der Waals surface area (Å²) in [6.45, 7) is 7.22. The Balaban J connectivity index is 1.93. The van der Waals surface area contributed by atoms with E-state index in [1.165, 1.54) is 22.0 Å². The van der Waals surface area contributed by atoms with E-state index >= 15 is 0 Å². The highest BCUT2D eigenvalue weighted by Crippen LogP contribution is 2.31. The van der Waals surface area contributed by atoms with E-state index in [1.54, 1.807) is 43.3 Å². The van der Waals surface area contributed by atoms with Crippen molar-refractivity contribution in [1.29, 1.82) is 0 Å². The zero-order valence-corrected chi connectivity index (χ0v) is 18.5. The highest BCUT2D eigenvalue weighted by atomic mass is 35.5. The van der Waals surface area contributed by atoms with Crippen LogP contribution >= 0.6 is 22.9 Å². The minimum atomic E-state index is -0.689. The summed E-state index contributed by atoms with van der Waals surface area (Å²) >= 11 is 7.30. The van der Waals surface area contributed by atoms with E-state index < -0.39 is 12.0 Å². The van der Waals surface area contributed by atoms with Gasteiger partial charge < -0.3 is 9.15 Å². The van der Waals surface area contributed by atoms with E-state index in [0.717, 1.165) is 11.3 Å². The van der Waals surface area contributed by atoms with Crippen LogP contribution in [0.5, 0.6) is 0 Å². The number of nitrogens with zero attached hydrogens (tertiary/aromatic N) is 2. The van der Waals surface area contributed by atoms with Gasteiger partial charge in [0.1, 0.15) is 18.1 Å². The number of rotatable bonds is 5. The van der Waals surface area contributed by atoms with E-state index in [-0.39, 0.29) is 12.2 Å². The predicted molar refractivity (Wildman–Crippen MR) is 120 cm³/mol. The van der Waals surface area contributed by atoms with Crippen LogP contribution in [0.3, 0.4) is 0 Å². The van der Waals surface area contributed by atoms with Crippen LogP contribution in [-0.2, 0) is 9.53 Å². The Kier molecular flexibility index (Phi) is 5.80. The number of furan rings is 1. The van der Waals surface area contributed by atoms with Gasteiger partial charge in [-0.1, -0.05) is 47.7 Å². The molecule has 0 spiro atoms. The molecule has 0 fully saturated rings. The third-order valence-corrected chi connectivity index (χ3v) is 6.03. The molecule has 1 aliphatic heterocycles. The molecule has 0 unspecified atom stereocenters. The number of thiazole rings is 1. The molecule has 6 nitrogen and oxygen atoms in total. The normalized spacial score (nSPS) is 16.1. The Bertz CT molecular complexity index is 1380. The lowest BCUT2D eigenvalue weighted by Crippen LogP contribution is -2.39. The van der Waals surface area contributed by atoms with E-state index in [0.29, 0.717) is 31.4 Å². The maximum absolute atomic E-state index is 13.4. The summed E-state index contributed by atoms with van der Waals surface area (Å²) in [5.41, 5.74) is 1.26. The highest BCUT2D eigenvalue weighted by Gasteiger charge is 2.33. The summed E-state index contributed by atoms with van der Waals surface area (Å²) in [5, 5.41) is 0.556. The molecule has 0 bridgehead atoms. The van der Waals surface area contributed by atoms with Crippen LogP contribution in [0.25, 0.3) is 6.08 Å². The lowest BCUT2D eigenvalue weighted by Gasteiger charge is -2.24. The summed E-state index contributed by atoms with van der Waals surface area (Å²) in [6, 6.07) is 9.97. The molecule has 0 amide bonds. The molecule has 1 aliphatic rings. The molecule has 3 aromatic rings. The maximum Gasteiger partial charge on any atom is 0.338 e. The van der Waals surface area contributed by atoms with Gasteiger partial charge in [0.25, 0.3) is 5.56 Å². The summed E-state index contributed by atoms with van der Waals surface area (Å²) in [7, 11) is 0. The van der Waals surface area contributed by atoms with Crippen molar-refractivity contribution in [2.75, 3.05) is 6.61 Å². The average Bonchev–Trinajstić information content (AvgIpc) is 3.28. The SMILES string of the molecule is C=CCOC(=O)C1=C(C)N=c2s/c(=C/c3ccc(C)o3)c(=O)n2[C@@H]1c1ccc(Cl)cc1. The second kappa shape index (κ2) is 8.53. The van der Waals surface area contributed by atoms with Crippen LogP contribution in [0.1, 0.15) is 30.0 Å². The molecule has 0 radical (unpaired) electrons. The van der Waals surface area contributed by atoms with E-state index in [9.17, 15) is 9.59 Å². The zero-order chi connectivity index (χ0) is 22.1. The topological polar surface area (TPSA) is 73.8 Å². The van der Waals surface area contributed by atoms with Crippen LogP contribution < -0.4 is 14.9 Å². The second-order valence-corrected chi connectivity index (χ2v) is 8.41. The lowest BCUT2D eigenvalue weighted by atomic mass is 9.96. The molecule has 1 atom stereocenters. The molecule has 8 heteroatoms. The standard InChI is InChI=1S/C23H19ClN2O4S/c1-4-11-29-22(28)19-14(3)25-23-26(20(19)15-6-8-16(24)9-7-15)21(27)18(31-23)12-17-10-5-13(2)30-17/h4-10,12,20H,1,11H2,2-3H3/b18-12+/t20-/m1/s1. The molecule has 31 heavy (non-hydrogen) atoms. The van der Waals surface area contributed by atoms with Crippen LogP contribution in [0.15, 0.2) is 74.5 Å². The Labute approximate surface area is 187 Å². The number of allylic oxidation sites excluding steroid dienone is 1. The molecular weight excluding hydrogens is 436 g/mol. The third kappa shape index (κ3) is 4.06.